The van der Waals surface area contributed by atoms with Crippen LogP contribution < -0.4 is 5.32 Å². The lowest BCUT2D eigenvalue weighted by molar-refractivity contribution is -0.137. The Kier molecular flexibility index (Phi) is 4.24. The molecule has 0 fully saturated rings. The predicted molar refractivity (Wildman–Crippen MR) is 74.1 cm³/mol. The summed E-state index contributed by atoms with van der Waals surface area (Å²) >= 11 is 5.88. The lowest BCUT2D eigenvalue weighted by atomic mass is 10.3. The number of hydrogen-bond acceptors (Lipinski definition) is 3. The molecule has 1 amide bonds. The maximum Gasteiger partial charge on any atom is 0.303 e. The molecule has 2 N–H and O–H groups in total. The predicted octanol–water partition coefficient (Wildman–Crippen LogP) is 1.89. The van der Waals surface area contributed by atoms with E-state index >= 15 is 0 Å². The molecule has 0 radical (unpaired) electrons. The standard InChI is InChI=1S/C13H14ClN3O3/c1-8-12(13(20)15-5-2-3-11(18)19)17-6-4-9(14)7-10(17)16-8/h4,6-7H,2-3,5H2,1H3,(H,15,20)(H,18,19). The van der Waals surface area contributed by atoms with Gasteiger partial charge in [-0.25, -0.2) is 4.98 Å². The van der Waals surface area contributed by atoms with Gasteiger partial charge in [-0.05, 0) is 19.4 Å². The van der Waals surface area contributed by atoms with E-state index in [2.05, 4.69) is 10.3 Å². The second-order valence-corrected chi connectivity index (χ2v) is 4.81. The van der Waals surface area contributed by atoms with Gasteiger partial charge < -0.3 is 10.4 Å². The largest absolute Gasteiger partial charge is 0.481 e. The third-order valence-corrected chi connectivity index (χ3v) is 3.07. The lowest BCUT2D eigenvalue weighted by Crippen LogP contribution is -2.26. The summed E-state index contributed by atoms with van der Waals surface area (Å²) in [5.41, 5.74) is 1.64. The summed E-state index contributed by atoms with van der Waals surface area (Å²) in [5, 5.41) is 11.8. The smallest absolute Gasteiger partial charge is 0.303 e. The molecule has 0 aromatic carbocycles. The summed E-state index contributed by atoms with van der Waals surface area (Å²) in [5.74, 6) is -1.15. The monoisotopic (exact) mass is 295 g/mol. The first-order valence-corrected chi connectivity index (χ1v) is 6.51. The van der Waals surface area contributed by atoms with E-state index < -0.39 is 5.97 Å². The minimum Gasteiger partial charge on any atom is -0.481 e. The van der Waals surface area contributed by atoms with E-state index in [1.807, 2.05) is 0 Å². The zero-order chi connectivity index (χ0) is 14.7. The number of halogens is 1. The van der Waals surface area contributed by atoms with Gasteiger partial charge in [0, 0.05) is 30.3 Å². The number of carbonyl (C=O) groups excluding carboxylic acids is 1. The van der Waals surface area contributed by atoms with Crippen LogP contribution in [0.2, 0.25) is 5.02 Å². The molecule has 0 aliphatic rings. The molecule has 2 rings (SSSR count). The fourth-order valence-corrected chi connectivity index (χ4v) is 2.09. The number of carboxylic acid groups (broad SMARTS) is 1. The van der Waals surface area contributed by atoms with Crippen LogP contribution in [0.25, 0.3) is 5.65 Å². The van der Waals surface area contributed by atoms with E-state index in [0.29, 0.717) is 35.0 Å². The van der Waals surface area contributed by atoms with Crippen molar-refractivity contribution in [3.8, 4) is 0 Å². The molecule has 0 bridgehead atoms. The first kappa shape index (κ1) is 14.3. The molecule has 2 aromatic heterocycles. The van der Waals surface area contributed by atoms with Crippen molar-refractivity contribution in [3.05, 3.63) is 34.7 Å². The molecule has 0 atom stereocenters. The molecule has 2 aromatic rings. The van der Waals surface area contributed by atoms with Crippen molar-refractivity contribution in [1.82, 2.24) is 14.7 Å². The Morgan fingerprint density at radius 1 is 1.50 bits per heavy atom. The van der Waals surface area contributed by atoms with Crippen molar-refractivity contribution in [2.24, 2.45) is 0 Å². The summed E-state index contributed by atoms with van der Waals surface area (Å²) in [6.07, 6.45) is 2.11. The maximum absolute atomic E-state index is 12.1. The Hall–Kier alpha value is -2.08. The van der Waals surface area contributed by atoms with Crippen molar-refractivity contribution >= 4 is 29.1 Å². The van der Waals surface area contributed by atoms with Crippen LogP contribution >= 0.6 is 11.6 Å². The Morgan fingerprint density at radius 3 is 2.95 bits per heavy atom. The van der Waals surface area contributed by atoms with Crippen molar-refractivity contribution in [2.75, 3.05) is 6.54 Å². The van der Waals surface area contributed by atoms with Crippen LogP contribution in [-0.2, 0) is 4.79 Å². The van der Waals surface area contributed by atoms with Crippen LogP contribution in [-0.4, -0.2) is 32.9 Å². The molecule has 0 saturated heterocycles. The van der Waals surface area contributed by atoms with Gasteiger partial charge in [0.1, 0.15) is 11.3 Å². The summed E-state index contributed by atoms with van der Waals surface area (Å²) in [6.45, 7) is 2.05. The molecule has 0 aliphatic carbocycles. The van der Waals surface area contributed by atoms with E-state index in [1.54, 1.807) is 29.7 Å². The highest BCUT2D eigenvalue weighted by atomic mass is 35.5. The maximum atomic E-state index is 12.1. The van der Waals surface area contributed by atoms with Crippen LogP contribution in [0.4, 0.5) is 0 Å². The number of aromatic nitrogens is 2. The van der Waals surface area contributed by atoms with Gasteiger partial charge in [0.15, 0.2) is 0 Å². The molecule has 0 spiro atoms. The van der Waals surface area contributed by atoms with Crippen LogP contribution in [0.1, 0.15) is 29.0 Å². The van der Waals surface area contributed by atoms with Gasteiger partial charge >= 0.3 is 5.97 Å². The third-order valence-electron chi connectivity index (χ3n) is 2.83. The zero-order valence-corrected chi connectivity index (χ0v) is 11.6. The fourth-order valence-electron chi connectivity index (χ4n) is 1.94. The van der Waals surface area contributed by atoms with E-state index in [9.17, 15) is 9.59 Å². The highest BCUT2D eigenvalue weighted by Crippen LogP contribution is 2.16. The van der Waals surface area contributed by atoms with Crippen molar-refractivity contribution in [3.63, 3.8) is 0 Å². The van der Waals surface area contributed by atoms with Crippen LogP contribution in [0.15, 0.2) is 18.3 Å². The Labute approximate surface area is 120 Å². The Balaban J connectivity index is 2.13. The SMILES string of the molecule is Cc1nc2cc(Cl)ccn2c1C(=O)NCCCC(=O)O. The average Bonchev–Trinajstić information content (AvgIpc) is 2.69. The van der Waals surface area contributed by atoms with Gasteiger partial charge in [0.25, 0.3) is 5.91 Å². The van der Waals surface area contributed by atoms with Crippen LogP contribution in [0.3, 0.4) is 0 Å². The van der Waals surface area contributed by atoms with Gasteiger partial charge in [-0.1, -0.05) is 11.6 Å². The number of amides is 1. The summed E-state index contributed by atoms with van der Waals surface area (Å²) in [6, 6.07) is 3.35. The minimum absolute atomic E-state index is 0.0298. The summed E-state index contributed by atoms with van der Waals surface area (Å²) < 4.78 is 1.66. The molecule has 0 unspecified atom stereocenters. The number of nitrogens with one attached hydrogen (secondary N) is 1. The molecule has 0 aliphatic heterocycles. The van der Waals surface area contributed by atoms with Gasteiger partial charge in [0.05, 0.1) is 5.69 Å². The number of aryl methyl sites for hydroxylation is 1. The summed E-state index contributed by atoms with van der Waals surface area (Å²) in [7, 11) is 0. The molecular formula is C13H14ClN3O3. The molecule has 2 heterocycles. The number of imidazole rings is 1. The van der Waals surface area contributed by atoms with Gasteiger partial charge in [-0.3, -0.25) is 14.0 Å². The molecule has 106 valence electrons. The number of fused-ring (bicyclic) bond motifs is 1. The number of aliphatic carboxylic acids is 1. The van der Waals surface area contributed by atoms with Crippen molar-refractivity contribution in [2.45, 2.75) is 19.8 Å². The molecule has 0 saturated carbocycles. The second-order valence-electron chi connectivity index (χ2n) is 4.37. The normalized spacial score (nSPS) is 10.7. The average molecular weight is 296 g/mol. The zero-order valence-electron chi connectivity index (χ0n) is 10.9. The number of carboxylic acids is 1. The third kappa shape index (κ3) is 3.08. The number of nitrogens with zero attached hydrogens (tertiary/aromatic N) is 2. The minimum atomic E-state index is -0.875. The van der Waals surface area contributed by atoms with Crippen LogP contribution in [0.5, 0.6) is 0 Å². The van der Waals surface area contributed by atoms with Gasteiger partial charge in [0.2, 0.25) is 0 Å². The first-order chi connectivity index (χ1) is 9.49. The van der Waals surface area contributed by atoms with Gasteiger partial charge in [-0.15, -0.1) is 0 Å². The Bertz CT molecular complexity index is 666. The number of pyridine rings is 1. The molecule has 7 heteroatoms. The van der Waals surface area contributed by atoms with Crippen molar-refractivity contribution in [1.29, 1.82) is 0 Å². The van der Waals surface area contributed by atoms with Crippen LogP contribution in [0, 0.1) is 6.92 Å². The van der Waals surface area contributed by atoms with E-state index in [0.717, 1.165) is 0 Å². The number of carbonyl (C=O) groups is 2. The van der Waals surface area contributed by atoms with Crippen molar-refractivity contribution < 1.29 is 14.7 Å². The van der Waals surface area contributed by atoms with Gasteiger partial charge in [-0.2, -0.15) is 0 Å². The fraction of sp³-hybridized carbons (Fsp3) is 0.308. The molecule has 6 nitrogen and oxygen atoms in total. The number of rotatable bonds is 5. The lowest BCUT2D eigenvalue weighted by Gasteiger charge is -2.05. The highest BCUT2D eigenvalue weighted by Gasteiger charge is 2.16. The van der Waals surface area contributed by atoms with E-state index in [4.69, 9.17) is 16.7 Å². The molecular weight excluding hydrogens is 282 g/mol. The summed E-state index contributed by atoms with van der Waals surface area (Å²) in [4.78, 5) is 26.8. The quantitative estimate of drug-likeness (QED) is 0.825. The second kappa shape index (κ2) is 5.92. The van der Waals surface area contributed by atoms with E-state index in [1.165, 1.54) is 0 Å². The number of hydrogen-bond donors (Lipinski definition) is 2. The van der Waals surface area contributed by atoms with E-state index in [-0.39, 0.29) is 12.3 Å². The first-order valence-electron chi connectivity index (χ1n) is 6.13. The topological polar surface area (TPSA) is 83.7 Å². The highest BCUT2D eigenvalue weighted by molar-refractivity contribution is 6.30. The Morgan fingerprint density at radius 2 is 2.25 bits per heavy atom. The molecule has 20 heavy (non-hydrogen) atoms.